The molecule has 1 aromatic rings. The molecule has 0 bridgehead atoms. The summed E-state index contributed by atoms with van der Waals surface area (Å²) in [5.74, 6) is 0.797. The van der Waals surface area contributed by atoms with Crippen LogP contribution in [0, 0.1) is 12.8 Å². The Morgan fingerprint density at radius 3 is 2.89 bits per heavy atom. The Bertz CT molecular complexity index is 381. The van der Waals surface area contributed by atoms with E-state index in [1.54, 1.807) is 0 Å². The molecule has 0 amide bonds. The number of nitrogens with one attached hydrogen (secondary N) is 1. The molecule has 0 spiro atoms. The lowest BCUT2D eigenvalue weighted by Crippen LogP contribution is -2.39. The van der Waals surface area contributed by atoms with Crippen molar-refractivity contribution in [2.75, 3.05) is 19.6 Å². The Morgan fingerprint density at radius 2 is 2.28 bits per heavy atom. The topological polar surface area (TPSA) is 28.2 Å². The molecule has 1 unspecified atom stereocenters. The van der Waals surface area contributed by atoms with Crippen LogP contribution < -0.4 is 5.32 Å². The second-order valence-electron chi connectivity index (χ2n) is 6.39. The van der Waals surface area contributed by atoms with Gasteiger partial charge in [-0.05, 0) is 53.1 Å². The first-order chi connectivity index (χ1) is 8.42. The molecule has 2 rings (SSSR count). The molecule has 0 saturated carbocycles. The fourth-order valence-corrected chi connectivity index (χ4v) is 3.17. The van der Waals surface area contributed by atoms with Gasteiger partial charge in [-0.2, -0.15) is 0 Å². The van der Waals surface area contributed by atoms with Crippen molar-refractivity contribution in [1.82, 2.24) is 15.2 Å². The predicted molar refractivity (Wildman–Crippen MR) is 78.0 cm³/mol. The van der Waals surface area contributed by atoms with Crippen LogP contribution >= 0.6 is 11.3 Å². The molecule has 2 heterocycles. The van der Waals surface area contributed by atoms with Gasteiger partial charge >= 0.3 is 0 Å². The van der Waals surface area contributed by atoms with Gasteiger partial charge in [0, 0.05) is 23.2 Å². The monoisotopic (exact) mass is 267 g/mol. The zero-order chi connectivity index (χ0) is 13.2. The number of thiazole rings is 1. The molecule has 1 fully saturated rings. The summed E-state index contributed by atoms with van der Waals surface area (Å²) in [5.41, 5.74) is 0.236. The predicted octanol–water partition coefficient (Wildman–Crippen LogP) is 2.66. The van der Waals surface area contributed by atoms with Gasteiger partial charge in [0.2, 0.25) is 0 Å². The molecule has 1 atom stereocenters. The third kappa shape index (κ3) is 4.34. The van der Waals surface area contributed by atoms with Crippen molar-refractivity contribution < 1.29 is 0 Å². The molecular weight excluding hydrogens is 242 g/mol. The summed E-state index contributed by atoms with van der Waals surface area (Å²) in [6.45, 7) is 13.4. The molecule has 1 aromatic heterocycles. The van der Waals surface area contributed by atoms with E-state index in [2.05, 4.69) is 42.9 Å². The van der Waals surface area contributed by atoms with Crippen LogP contribution in [0.3, 0.4) is 0 Å². The average molecular weight is 267 g/mol. The molecule has 18 heavy (non-hydrogen) atoms. The van der Waals surface area contributed by atoms with E-state index in [4.69, 9.17) is 0 Å². The average Bonchev–Trinajstić information content (AvgIpc) is 2.85. The summed E-state index contributed by atoms with van der Waals surface area (Å²) in [5, 5.41) is 4.87. The second kappa shape index (κ2) is 5.68. The maximum atomic E-state index is 4.45. The van der Waals surface area contributed by atoms with Gasteiger partial charge in [0.1, 0.15) is 5.01 Å². The van der Waals surface area contributed by atoms with E-state index < -0.39 is 0 Å². The molecule has 1 aliphatic rings. The Balaban J connectivity index is 1.75. The van der Waals surface area contributed by atoms with Crippen LogP contribution in [-0.2, 0) is 6.54 Å². The van der Waals surface area contributed by atoms with Crippen LogP contribution in [0.1, 0.15) is 37.1 Å². The molecule has 3 nitrogen and oxygen atoms in total. The van der Waals surface area contributed by atoms with Crippen molar-refractivity contribution in [3.05, 3.63) is 16.1 Å². The van der Waals surface area contributed by atoms with E-state index in [0.717, 1.165) is 19.0 Å². The van der Waals surface area contributed by atoms with Gasteiger partial charge in [-0.3, -0.25) is 4.90 Å². The van der Waals surface area contributed by atoms with Crippen LogP contribution in [0.15, 0.2) is 6.20 Å². The van der Waals surface area contributed by atoms with E-state index >= 15 is 0 Å². The molecule has 102 valence electrons. The maximum Gasteiger partial charge on any atom is 0.107 e. The number of rotatable bonds is 4. The van der Waals surface area contributed by atoms with Gasteiger partial charge in [-0.25, -0.2) is 4.98 Å². The summed E-state index contributed by atoms with van der Waals surface area (Å²) in [7, 11) is 0. The van der Waals surface area contributed by atoms with Crippen molar-refractivity contribution >= 4 is 11.3 Å². The highest BCUT2D eigenvalue weighted by Crippen LogP contribution is 2.20. The zero-order valence-electron chi connectivity index (χ0n) is 12.0. The number of hydrogen-bond acceptors (Lipinski definition) is 4. The minimum Gasteiger partial charge on any atom is -0.312 e. The van der Waals surface area contributed by atoms with E-state index in [9.17, 15) is 0 Å². The Labute approximate surface area is 115 Å². The fourth-order valence-electron chi connectivity index (χ4n) is 2.34. The van der Waals surface area contributed by atoms with Gasteiger partial charge < -0.3 is 5.32 Å². The smallest absolute Gasteiger partial charge is 0.107 e. The molecule has 0 aliphatic carbocycles. The molecule has 0 aromatic carbocycles. The Hall–Kier alpha value is -0.450. The number of aryl methyl sites for hydroxylation is 1. The van der Waals surface area contributed by atoms with Crippen molar-refractivity contribution in [3.8, 4) is 0 Å². The lowest BCUT2D eigenvalue weighted by molar-refractivity contribution is 0.305. The van der Waals surface area contributed by atoms with Crippen molar-refractivity contribution in [2.24, 2.45) is 5.92 Å². The highest BCUT2D eigenvalue weighted by Gasteiger charge is 2.24. The first kappa shape index (κ1) is 14.0. The van der Waals surface area contributed by atoms with Crippen molar-refractivity contribution in [2.45, 2.75) is 46.2 Å². The maximum absolute atomic E-state index is 4.45. The Morgan fingerprint density at radius 1 is 1.50 bits per heavy atom. The van der Waals surface area contributed by atoms with Gasteiger partial charge in [0.25, 0.3) is 0 Å². The van der Waals surface area contributed by atoms with Gasteiger partial charge in [-0.15, -0.1) is 11.3 Å². The third-order valence-electron chi connectivity index (χ3n) is 3.32. The quantitative estimate of drug-likeness (QED) is 0.909. The van der Waals surface area contributed by atoms with Crippen LogP contribution in [0.25, 0.3) is 0 Å². The van der Waals surface area contributed by atoms with Gasteiger partial charge in [-0.1, -0.05) is 0 Å². The molecular formula is C14H25N3S. The third-order valence-corrected chi connectivity index (χ3v) is 4.22. The van der Waals surface area contributed by atoms with Gasteiger partial charge in [0.05, 0.1) is 6.54 Å². The molecule has 1 saturated heterocycles. The number of aromatic nitrogens is 1. The first-order valence-electron chi connectivity index (χ1n) is 6.81. The minimum atomic E-state index is 0.236. The molecule has 1 N–H and O–H groups in total. The van der Waals surface area contributed by atoms with Crippen LogP contribution in [0.2, 0.25) is 0 Å². The lowest BCUT2D eigenvalue weighted by Gasteiger charge is -2.23. The molecule has 4 heteroatoms. The standard InChI is InChI=1S/C14H25N3S/c1-11-7-15-13(18-11)10-17-6-5-12(9-17)8-16-14(2,3)4/h7,12,16H,5-6,8-10H2,1-4H3. The minimum absolute atomic E-state index is 0.236. The number of hydrogen-bond donors (Lipinski definition) is 1. The SMILES string of the molecule is Cc1cnc(CN2CCC(CNC(C)(C)C)C2)s1. The largest absolute Gasteiger partial charge is 0.312 e. The highest BCUT2D eigenvalue weighted by molar-refractivity contribution is 7.11. The number of likely N-dealkylation sites (tertiary alicyclic amines) is 1. The summed E-state index contributed by atoms with van der Waals surface area (Å²) >= 11 is 1.83. The number of nitrogens with zero attached hydrogens (tertiary/aromatic N) is 2. The van der Waals surface area contributed by atoms with Crippen molar-refractivity contribution in [3.63, 3.8) is 0 Å². The highest BCUT2D eigenvalue weighted by atomic mass is 32.1. The summed E-state index contributed by atoms with van der Waals surface area (Å²) in [6.07, 6.45) is 3.29. The second-order valence-corrected chi connectivity index (χ2v) is 7.70. The Kier molecular flexibility index (Phi) is 4.41. The van der Waals surface area contributed by atoms with E-state index in [-0.39, 0.29) is 5.54 Å². The van der Waals surface area contributed by atoms with E-state index in [0.29, 0.717) is 0 Å². The summed E-state index contributed by atoms with van der Waals surface area (Å²) in [4.78, 5) is 8.30. The van der Waals surface area contributed by atoms with Crippen LogP contribution in [-0.4, -0.2) is 35.1 Å². The lowest BCUT2D eigenvalue weighted by atomic mass is 10.1. The normalized spacial score (nSPS) is 21.7. The van der Waals surface area contributed by atoms with E-state index in [1.807, 2.05) is 17.5 Å². The zero-order valence-corrected chi connectivity index (χ0v) is 12.8. The molecule has 0 radical (unpaired) electrons. The molecule has 1 aliphatic heterocycles. The van der Waals surface area contributed by atoms with Crippen LogP contribution in [0.5, 0.6) is 0 Å². The fraction of sp³-hybridized carbons (Fsp3) is 0.786. The first-order valence-corrected chi connectivity index (χ1v) is 7.63. The van der Waals surface area contributed by atoms with E-state index in [1.165, 1.54) is 29.4 Å². The van der Waals surface area contributed by atoms with Crippen LogP contribution in [0.4, 0.5) is 0 Å². The van der Waals surface area contributed by atoms with Crippen molar-refractivity contribution in [1.29, 1.82) is 0 Å². The summed E-state index contributed by atoms with van der Waals surface area (Å²) < 4.78 is 0. The summed E-state index contributed by atoms with van der Waals surface area (Å²) in [6, 6.07) is 0. The van der Waals surface area contributed by atoms with Gasteiger partial charge in [0.15, 0.2) is 0 Å².